The molecule has 2 atom stereocenters. The summed E-state index contributed by atoms with van der Waals surface area (Å²) in [7, 11) is 0. The van der Waals surface area contributed by atoms with Crippen LogP contribution < -0.4 is 0 Å². The third-order valence-corrected chi connectivity index (χ3v) is 4.57. The number of nitrogens with zero attached hydrogens (tertiary/aromatic N) is 1. The predicted octanol–water partition coefficient (Wildman–Crippen LogP) is 2.84. The first-order chi connectivity index (χ1) is 8.70. The number of hydrogen-bond donors (Lipinski definition) is 0. The highest BCUT2D eigenvalue weighted by molar-refractivity contribution is 5.72. The van der Waals surface area contributed by atoms with E-state index in [2.05, 4.69) is 11.8 Å². The van der Waals surface area contributed by atoms with Crippen molar-refractivity contribution in [3.8, 4) is 0 Å². The second kappa shape index (κ2) is 6.55. The lowest BCUT2D eigenvalue weighted by atomic mass is 9.84. The van der Waals surface area contributed by atoms with Gasteiger partial charge in [0.1, 0.15) is 0 Å². The Kier molecular flexibility index (Phi) is 5.04. The number of carbonyl (C=O) groups excluding carboxylic acids is 1. The number of piperidine rings is 1. The number of hydrogen-bond acceptors (Lipinski definition) is 3. The Morgan fingerprint density at radius 1 is 1.22 bits per heavy atom. The van der Waals surface area contributed by atoms with Crippen LogP contribution in [0.1, 0.15) is 52.4 Å². The molecule has 0 N–H and O–H groups in total. The lowest BCUT2D eigenvalue weighted by molar-refractivity contribution is -0.149. The third-order valence-electron chi connectivity index (χ3n) is 4.57. The molecule has 104 valence electrons. The lowest BCUT2D eigenvalue weighted by Crippen LogP contribution is -2.44. The van der Waals surface area contributed by atoms with Gasteiger partial charge in [-0.25, -0.2) is 0 Å². The number of carbonyl (C=O) groups is 1. The highest BCUT2D eigenvalue weighted by atomic mass is 16.5. The minimum atomic E-state index is 0.0224. The molecule has 0 aromatic rings. The minimum Gasteiger partial charge on any atom is -0.466 e. The van der Waals surface area contributed by atoms with Crippen LogP contribution in [0.5, 0.6) is 0 Å². The first-order valence-electron chi connectivity index (χ1n) is 7.61. The van der Waals surface area contributed by atoms with Gasteiger partial charge in [0, 0.05) is 6.04 Å². The molecular weight excluding hydrogens is 226 g/mol. The van der Waals surface area contributed by atoms with Gasteiger partial charge in [-0.05, 0) is 51.6 Å². The lowest BCUT2D eigenvalue weighted by Gasteiger charge is -2.40. The number of esters is 1. The Labute approximate surface area is 111 Å². The molecule has 18 heavy (non-hydrogen) atoms. The van der Waals surface area contributed by atoms with Crippen molar-refractivity contribution in [2.45, 2.75) is 58.4 Å². The molecule has 1 saturated heterocycles. The van der Waals surface area contributed by atoms with Crippen molar-refractivity contribution in [1.82, 2.24) is 4.90 Å². The van der Waals surface area contributed by atoms with Gasteiger partial charge in [0.05, 0.1) is 12.5 Å². The van der Waals surface area contributed by atoms with Crippen molar-refractivity contribution in [3.05, 3.63) is 0 Å². The van der Waals surface area contributed by atoms with Crippen molar-refractivity contribution >= 4 is 5.97 Å². The zero-order valence-electron chi connectivity index (χ0n) is 11.9. The van der Waals surface area contributed by atoms with Gasteiger partial charge in [-0.1, -0.05) is 19.8 Å². The molecule has 2 fully saturated rings. The van der Waals surface area contributed by atoms with Gasteiger partial charge >= 0.3 is 5.97 Å². The van der Waals surface area contributed by atoms with Crippen LogP contribution in [0.15, 0.2) is 0 Å². The van der Waals surface area contributed by atoms with Gasteiger partial charge in [-0.15, -0.1) is 0 Å². The molecule has 2 rings (SSSR count). The maximum atomic E-state index is 11.7. The fraction of sp³-hybridized carbons (Fsp3) is 0.933. The maximum Gasteiger partial charge on any atom is 0.309 e. The van der Waals surface area contributed by atoms with Crippen molar-refractivity contribution < 1.29 is 9.53 Å². The van der Waals surface area contributed by atoms with E-state index in [1.165, 1.54) is 25.7 Å². The van der Waals surface area contributed by atoms with E-state index in [0.717, 1.165) is 37.9 Å². The number of rotatable bonds is 3. The summed E-state index contributed by atoms with van der Waals surface area (Å²) in [5.74, 6) is 1.06. The SMILES string of the molecule is CCOC(=O)C1CCN([C@@H]2CCC[C@H](C)C2)CC1. The van der Waals surface area contributed by atoms with E-state index >= 15 is 0 Å². The van der Waals surface area contributed by atoms with E-state index < -0.39 is 0 Å². The van der Waals surface area contributed by atoms with Crippen LogP contribution in [0.25, 0.3) is 0 Å². The Morgan fingerprint density at radius 2 is 1.94 bits per heavy atom. The molecule has 3 nitrogen and oxygen atoms in total. The monoisotopic (exact) mass is 253 g/mol. The Balaban J connectivity index is 1.77. The summed E-state index contributed by atoms with van der Waals surface area (Å²) in [6.45, 7) is 6.94. The smallest absolute Gasteiger partial charge is 0.309 e. The molecule has 0 aromatic heterocycles. The van der Waals surface area contributed by atoms with Gasteiger partial charge < -0.3 is 9.64 Å². The maximum absolute atomic E-state index is 11.7. The van der Waals surface area contributed by atoms with Crippen LogP contribution in [-0.2, 0) is 9.53 Å². The summed E-state index contributed by atoms with van der Waals surface area (Å²) in [5.41, 5.74) is 0. The van der Waals surface area contributed by atoms with Gasteiger partial charge in [0.15, 0.2) is 0 Å². The summed E-state index contributed by atoms with van der Waals surface area (Å²) in [6.07, 6.45) is 7.46. The van der Waals surface area contributed by atoms with Crippen molar-refractivity contribution in [1.29, 1.82) is 0 Å². The molecular formula is C15H27NO2. The van der Waals surface area contributed by atoms with Crippen molar-refractivity contribution in [2.75, 3.05) is 19.7 Å². The molecule has 0 aromatic carbocycles. The van der Waals surface area contributed by atoms with Crippen LogP contribution in [0.4, 0.5) is 0 Å². The Bertz CT molecular complexity index is 272. The van der Waals surface area contributed by atoms with E-state index in [0.29, 0.717) is 6.61 Å². The first-order valence-corrected chi connectivity index (χ1v) is 7.61. The second-order valence-electron chi connectivity index (χ2n) is 5.99. The summed E-state index contributed by atoms with van der Waals surface area (Å²) in [6, 6.07) is 0.775. The van der Waals surface area contributed by atoms with Gasteiger partial charge in [0.25, 0.3) is 0 Å². The molecule has 0 radical (unpaired) electrons. The molecule has 3 heteroatoms. The van der Waals surface area contributed by atoms with E-state index in [1.54, 1.807) is 0 Å². The molecule has 1 saturated carbocycles. The zero-order valence-corrected chi connectivity index (χ0v) is 11.9. The Morgan fingerprint density at radius 3 is 2.56 bits per heavy atom. The zero-order chi connectivity index (χ0) is 13.0. The van der Waals surface area contributed by atoms with E-state index in [4.69, 9.17) is 4.74 Å². The molecule has 0 amide bonds. The first kappa shape index (κ1) is 13.9. The largest absolute Gasteiger partial charge is 0.466 e. The Hall–Kier alpha value is -0.570. The predicted molar refractivity (Wildman–Crippen MR) is 72.4 cm³/mol. The number of likely N-dealkylation sites (tertiary alicyclic amines) is 1. The highest BCUT2D eigenvalue weighted by Gasteiger charge is 2.31. The second-order valence-corrected chi connectivity index (χ2v) is 5.99. The molecule has 2 aliphatic rings. The van der Waals surface area contributed by atoms with E-state index in [-0.39, 0.29) is 11.9 Å². The quantitative estimate of drug-likeness (QED) is 0.724. The molecule has 1 aliphatic heterocycles. The molecule has 0 spiro atoms. The van der Waals surface area contributed by atoms with Crippen LogP contribution >= 0.6 is 0 Å². The van der Waals surface area contributed by atoms with Crippen LogP contribution in [-0.4, -0.2) is 36.6 Å². The normalized spacial score (nSPS) is 31.2. The highest BCUT2D eigenvalue weighted by Crippen LogP contribution is 2.30. The minimum absolute atomic E-state index is 0.0224. The van der Waals surface area contributed by atoms with Gasteiger partial charge in [-0.3, -0.25) is 4.79 Å². The van der Waals surface area contributed by atoms with Crippen molar-refractivity contribution in [3.63, 3.8) is 0 Å². The van der Waals surface area contributed by atoms with E-state index in [9.17, 15) is 4.79 Å². The standard InChI is InChI=1S/C15H27NO2/c1-3-18-15(17)13-7-9-16(10-8-13)14-6-4-5-12(2)11-14/h12-14H,3-11H2,1-2H3/t12-,14+/m0/s1. The average molecular weight is 253 g/mol. The van der Waals surface area contributed by atoms with Crippen LogP contribution in [0.3, 0.4) is 0 Å². The molecule has 0 bridgehead atoms. The molecule has 1 heterocycles. The van der Waals surface area contributed by atoms with E-state index in [1.807, 2.05) is 6.92 Å². The third kappa shape index (κ3) is 3.47. The summed E-state index contributed by atoms with van der Waals surface area (Å²) in [5, 5.41) is 0. The van der Waals surface area contributed by atoms with Crippen LogP contribution in [0, 0.1) is 11.8 Å². The van der Waals surface area contributed by atoms with Crippen molar-refractivity contribution in [2.24, 2.45) is 11.8 Å². The summed E-state index contributed by atoms with van der Waals surface area (Å²) >= 11 is 0. The van der Waals surface area contributed by atoms with Gasteiger partial charge in [-0.2, -0.15) is 0 Å². The summed E-state index contributed by atoms with van der Waals surface area (Å²) in [4.78, 5) is 14.3. The number of ether oxygens (including phenoxy) is 1. The molecule has 0 unspecified atom stereocenters. The molecule has 1 aliphatic carbocycles. The fourth-order valence-corrected chi connectivity index (χ4v) is 3.49. The van der Waals surface area contributed by atoms with Crippen LogP contribution in [0.2, 0.25) is 0 Å². The summed E-state index contributed by atoms with van der Waals surface area (Å²) < 4.78 is 5.12. The topological polar surface area (TPSA) is 29.5 Å². The fourth-order valence-electron chi connectivity index (χ4n) is 3.49. The van der Waals surface area contributed by atoms with Gasteiger partial charge in [0.2, 0.25) is 0 Å². The average Bonchev–Trinajstić information content (AvgIpc) is 2.39.